The van der Waals surface area contributed by atoms with Crippen molar-refractivity contribution in [2.45, 2.75) is 6.92 Å². The van der Waals surface area contributed by atoms with Crippen molar-refractivity contribution >= 4 is 22.7 Å². The smallest absolute Gasteiger partial charge is 0.292 e. The lowest BCUT2D eigenvalue weighted by atomic mass is 10.1. The van der Waals surface area contributed by atoms with Gasteiger partial charge in [0, 0.05) is 23.2 Å². The summed E-state index contributed by atoms with van der Waals surface area (Å²) in [6, 6.07) is 16.8. The largest absolute Gasteiger partial charge is 0.497 e. The normalized spacial score (nSPS) is 10.8. The molecule has 0 aliphatic carbocycles. The molecule has 0 aliphatic rings. The van der Waals surface area contributed by atoms with E-state index in [1.165, 1.54) is 0 Å². The molecule has 2 heterocycles. The zero-order valence-electron chi connectivity index (χ0n) is 14.4. The minimum atomic E-state index is -0.321. The predicted octanol–water partition coefficient (Wildman–Crippen LogP) is 4.19. The molecule has 1 N–H and O–H groups in total. The monoisotopic (exact) mass is 347 g/mol. The van der Waals surface area contributed by atoms with Gasteiger partial charge in [-0.05, 0) is 37.3 Å². The van der Waals surface area contributed by atoms with Crippen LogP contribution in [0.5, 0.6) is 5.75 Å². The maximum atomic E-state index is 12.6. The van der Waals surface area contributed by atoms with Crippen LogP contribution in [0.2, 0.25) is 0 Å². The summed E-state index contributed by atoms with van der Waals surface area (Å²) in [4.78, 5) is 12.6. The number of amides is 1. The first-order valence-electron chi connectivity index (χ1n) is 8.15. The highest BCUT2D eigenvalue weighted by molar-refractivity contribution is 6.06. The van der Waals surface area contributed by atoms with E-state index in [1.54, 1.807) is 24.1 Å². The van der Waals surface area contributed by atoms with Crippen LogP contribution in [0.4, 0.5) is 5.82 Å². The molecule has 0 spiro atoms. The quantitative estimate of drug-likeness (QED) is 0.601. The van der Waals surface area contributed by atoms with Crippen LogP contribution in [0.1, 0.15) is 16.1 Å². The number of hydrogen-bond donors (Lipinski definition) is 1. The number of rotatable bonds is 4. The lowest BCUT2D eigenvalue weighted by Gasteiger charge is -2.03. The molecule has 0 radical (unpaired) electrons. The van der Waals surface area contributed by atoms with Crippen molar-refractivity contribution in [1.29, 1.82) is 0 Å². The summed E-state index contributed by atoms with van der Waals surface area (Å²) in [7, 11) is 1.62. The summed E-state index contributed by atoms with van der Waals surface area (Å²) >= 11 is 0. The number of aromatic nitrogens is 2. The van der Waals surface area contributed by atoms with Gasteiger partial charge in [-0.3, -0.25) is 4.79 Å². The molecule has 2 aromatic carbocycles. The minimum Gasteiger partial charge on any atom is -0.497 e. The summed E-state index contributed by atoms with van der Waals surface area (Å²) in [6.45, 7) is 1.87. The van der Waals surface area contributed by atoms with Gasteiger partial charge in [-0.2, -0.15) is 5.10 Å². The van der Waals surface area contributed by atoms with Crippen LogP contribution in [0.3, 0.4) is 0 Å². The molecule has 130 valence electrons. The summed E-state index contributed by atoms with van der Waals surface area (Å²) in [5.74, 6) is 1.20. The first kappa shape index (κ1) is 16.0. The number of methoxy groups -OCH3 is 1. The van der Waals surface area contributed by atoms with Gasteiger partial charge < -0.3 is 14.5 Å². The zero-order valence-corrected chi connectivity index (χ0v) is 14.4. The molecule has 0 atom stereocenters. The van der Waals surface area contributed by atoms with Crippen LogP contribution < -0.4 is 10.1 Å². The van der Waals surface area contributed by atoms with E-state index in [4.69, 9.17) is 9.15 Å². The van der Waals surface area contributed by atoms with Gasteiger partial charge >= 0.3 is 0 Å². The van der Waals surface area contributed by atoms with Crippen LogP contribution in [0, 0.1) is 6.92 Å². The molecule has 4 rings (SSSR count). The average Bonchev–Trinajstić information content (AvgIpc) is 3.27. The van der Waals surface area contributed by atoms with E-state index in [0.717, 1.165) is 22.4 Å². The van der Waals surface area contributed by atoms with Gasteiger partial charge in [-0.15, -0.1) is 0 Å². The van der Waals surface area contributed by atoms with Crippen LogP contribution in [-0.4, -0.2) is 22.8 Å². The molecule has 0 unspecified atom stereocenters. The predicted molar refractivity (Wildman–Crippen MR) is 99.0 cm³/mol. The number of fused-ring (bicyclic) bond motifs is 1. The van der Waals surface area contributed by atoms with Crippen molar-refractivity contribution < 1.29 is 13.9 Å². The Bertz CT molecular complexity index is 1080. The van der Waals surface area contributed by atoms with Gasteiger partial charge in [-0.25, -0.2) is 4.68 Å². The van der Waals surface area contributed by atoms with E-state index in [1.807, 2.05) is 55.5 Å². The minimum absolute atomic E-state index is 0.296. The van der Waals surface area contributed by atoms with Crippen LogP contribution in [0.25, 0.3) is 16.7 Å². The molecule has 2 aromatic heterocycles. The van der Waals surface area contributed by atoms with Crippen LogP contribution in [0.15, 0.2) is 65.2 Å². The van der Waals surface area contributed by atoms with Crippen molar-refractivity contribution in [2.24, 2.45) is 0 Å². The number of anilines is 1. The molecule has 0 bridgehead atoms. The second kappa shape index (κ2) is 6.40. The van der Waals surface area contributed by atoms with E-state index in [2.05, 4.69) is 10.4 Å². The average molecular weight is 347 g/mol. The molecule has 0 saturated heterocycles. The van der Waals surface area contributed by atoms with Gasteiger partial charge in [0.15, 0.2) is 11.6 Å². The molecule has 1 amide bonds. The second-order valence-electron chi connectivity index (χ2n) is 5.85. The van der Waals surface area contributed by atoms with Crippen molar-refractivity contribution in [1.82, 2.24) is 9.78 Å². The molecule has 6 nitrogen and oxygen atoms in total. The highest BCUT2D eigenvalue weighted by Gasteiger charge is 2.18. The maximum absolute atomic E-state index is 12.6. The molecule has 0 saturated carbocycles. The summed E-state index contributed by atoms with van der Waals surface area (Å²) in [6.07, 6.45) is 1.78. The zero-order chi connectivity index (χ0) is 18.1. The van der Waals surface area contributed by atoms with Gasteiger partial charge in [0.25, 0.3) is 5.91 Å². The topological polar surface area (TPSA) is 69.3 Å². The van der Waals surface area contributed by atoms with E-state index in [9.17, 15) is 4.79 Å². The Hall–Kier alpha value is -3.54. The van der Waals surface area contributed by atoms with Crippen LogP contribution >= 0.6 is 0 Å². The van der Waals surface area contributed by atoms with Gasteiger partial charge in [-0.1, -0.05) is 18.2 Å². The third-order valence-electron chi connectivity index (χ3n) is 4.22. The van der Waals surface area contributed by atoms with Crippen molar-refractivity contribution in [3.05, 3.63) is 72.1 Å². The highest BCUT2D eigenvalue weighted by Crippen LogP contribution is 2.25. The highest BCUT2D eigenvalue weighted by atomic mass is 16.5. The third-order valence-corrected chi connectivity index (χ3v) is 4.22. The molecule has 6 heteroatoms. The second-order valence-corrected chi connectivity index (χ2v) is 5.85. The molecular weight excluding hydrogens is 330 g/mol. The first-order valence-corrected chi connectivity index (χ1v) is 8.15. The van der Waals surface area contributed by atoms with Gasteiger partial charge in [0.2, 0.25) is 0 Å². The lowest BCUT2D eigenvalue weighted by Crippen LogP contribution is -2.12. The Morgan fingerprint density at radius 3 is 2.62 bits per heavy atom. The van der Waals surface area contributed by atoms with Gasteiger partial charge in [0.1, 0.15) is 11.3 Å². The Kier molecular flexibility index (Phi) is 3.93. The molecular formula is C20H17N3O3. The number of hydrogen-bond acceptors (Lipinski definition) is 4. The summed E-state index contributed by atoms with van der Waals surface area (Å²) < 4.78 is 12.5. The molecule has 0 aliphatic heterocycles. The number of benzene rings is 2. The fourth-order valence-electron chi connectivity index (χ4n) is 2.83. The van der Waals surface area contributed by atoms with Crippen molar-refractivity contribution in [3.63, 3.8) is 0 Å². The Morgan fingerprint density at radius 2 is 1.88 bits per heavy atom. The van der Waals surface area contributed by atoms with E-state index < -0.39 is 0 Å². The van der Waals surface area contributed by atoms with Gasteiger partial charge in [0.05, 0.1) is 12.8 Å². The number of nitrogens with one attached hydrogen (secondary N) is 1. The van der Waals surface area contributed by atoms with E-state index in [-0.39, 0.29) is 5.91 Å². The Labute approximate surface area is 150 Å². The standard InChI is InChI=1S/C20H17N3O3/c1-13-16-5-3-4-6-17(16)26-19(13)20(24)21-18-11-12-23(22-18)14-7-9-15(25-2)10-8-14/h3-12H,1-2H3,(H,21,22,24). The Balaban J connectivity index is 1.56. The molecule has 0 fully saturated rings. The van der Waals surface area contributed by atoms with E-state index >= 15 is 0 Å². The number of furan rings is 1. The number of nitrogens with zero attached hydrogens (tertiary/aromatic N) is 2. The molecule has 26 heavy (non-hydrogen) atoms. The first-order chi connectivity index (χ1) is 12.7. The molecule has 4 aromatic rings. The number of carbonyl (C=O) groups is 1. The summed E-state index contributed by atoms with van der Waals surface area (Å²) in [5.41, 5.74) is 2.37. The summed E-state index contributed by atoms with van der Waals surface area (Å²) in [5, 5.41) is 8.10. The van der Waals surface area contributed by atoms with Crippen molar-refractivity contribution in [3.8, 4) is 11.4 Å². The maximum Gasteiger partial charge on any atom is 0.292 e. The number of ether oxygens (including phenoxy) is 1. The lowest BCUT2D eigenvalue weighted by molar-refractivity contribution is 0.0997. The SMILES string of the molecule is COc1ccc(-n2ccc(NC(=O)c3oc4ccccc4c3C)n2)cc1. The van der Waals surface area contributed by atoms with Crippen LogP contribution in [-0.2, 0) is 0 Å². The Morgan fingerprint density at radius 1 is 1.12 bits per heavy atom. The fraction of sp³-hybridized carbons (Fsp3) is 0.100. The van der Waals surface area contributed by atoms with Crippen molar-refractivity contribution in [2.75, 3.05) is 12.4 Å². The third kappa shape index (κ3) is 2.82. The number of aryl methyl sites for hydroxylation is 1. The van der Waals surface area contributed by atoms with E-state index in [0.29, 0.717) is 17.2 Å². The number of para-hydroxylation sites is 1. The fourth-order valence-corrected chi connectivity index (χ4v) is 2.83. The number of carbonyl (C=O) groups excluding carboxylic acids is 1.